The average Bonchev–Trinajstić information content (AvgIpc) is 3.34. The van der Waals surface area contributed by atoms with Crippen LogP contribution in [-0.4, -0.2) is 59.6 Å². The SMILES string of the molecule is CC(C)CCC[C@@H](C)[C@H]1CC[C@H]2[C@@H]3CC=C4C[C@@H](OC(=O)N5CCC(C(O)CCOP(C)(=O)O)CC5)CC[C@]4(C)[C@H]3CC[C@]12C. The van der Waals surface area contributed by atoms with E-state index >= 15 is 0 Å². The first-order chi connectivity index (χ1) is 21.2. The molecule has 0 radical (unpaired) electrons. The number of hydrogen-bond donors (Lipinski definition) is 2. The highest BCUT2D eigenvalue weighted by Crippen LogP contribution is 2.67. The summed E-state index contributed by atoms with van der Waals surface area (Å²) in [6, 6.07) is 0. The number of piperidine rings is 1. The summed E-state index contributed by atoms with van der Waals surface area (Å²) in [5.74, 6) is 5.02. The highest BCUT2D eigenvalue weighted by Gasteiger charge is 2.59. The number of hydrogen-bond acceptors (Lipinski definition) is 5. The first kappa shape index (κ1) is 35.4. The molecule has 3 saturated carbocycles. The van der Waals surface area contributed by atoms with Gasteiger partial charge in [-0.05, 0) is 116 Å². The molecule has 0 aromatic carbocycles. The van der Waals surface area contributed by atoms with Gasteiger partial charge in [0.1, 0.15) is 6.10 Å². The molecule has 0 aromatic heterocycles. The minimum Gasteiger partial charge on any atom is -0.446 e. The summed E-state index contributed by atoms with van der Waals surface area (Å²) < 4.78 is 22.4. The van der Waals surface area contributed by atoms with Gasteiger partial charge in [0.2, 0.25) is 0 Å². The molecule has 5 rings (SSSR count). The van der Waals surface area contributed by atoms with Gasteiger partial charge in [-0.2, -0.15) is 0 Å². The number of carbonyl (C=O) groups excluding carboxylic acids is 1. The molecule has 1 amide bonds. The number of fused-ring (bicyclic) bond motifs is 5. The molecule has 1 aliphatic heterocycles. The summed E-state index contributed by atoms with van der Waals surface area (Å²) in [7, 11) is -3.53. The topological polar surface area (TPSA) is 96.3 Å². The molecule has 7 nitrogen and oxygen atoms in total. The van der Waals surface area contributed by atoms with Gasteiger partial charge >= 0.3 is 13.7 Å². The summed E-state index contributed by atoms with van der Waals surface area (Å²) in [4.78, 5) is 24.3. The van der Waals surface area contributed by atoms with Crippen LogP contribution in [0.1, 0.15) is 125 Å². The lowest BCUT2D eigenvalue weighted by molar-refractivity contribution is -0.0598. The van der Waals surface area contributed by atoms with E-state index in [2.05, 4.69) is 40.7 Å². The van der Waals surface area contributed by atoms with Crippen molar-refractivity contribution in [2.45, 2.75) is 137 Å². The van der Waals surface area contributed by atoms with Crippen LogP contribution in [0.4, 0.5) is 4.79 Å². The van der Waals surface area contributed by atoms with Gasteiger partial charge in [-0.1, -0.05) is 65.5 Å². The molecule has 258 valence electrons. The van der Waals surface area contributed by atoms with Crippen molar-refractivity contribution in [3.05, 3.63) is 11.6 Å². The average molecular weight is 650 g/mol. The third-order valence-corrected chi connectivity index (χ3v) is 14.3. The van der Waals surface area contributed by atoms with Gasteiger partial charge in [-0.25, -0.2) is 4.79 Å². The van der Waals surface area contributed by atoms with Crippen molar-refractivity contribution in [3.63, 3.8) is 0 Å². The van der Waals surface area contributed by atoms with E-state index in [0.717, 1.165) is 61.4 Å². The predicted molar refractivity (Wildman–Crippen MR) is 180 cm³/mol. The lowest BCUT2D eigenvalue weighted by Crippen LogP contribution is -2.51. The largest absolute Gasteiger partial charge is 0.446 e. The first-order valence-electron chi connectivity index (χ1n) is 18.5. The molecule has 4 fully saturated rings. The van der Waals surface area contributed by atoms with Crippen LogP contribution in [0.3, 0.4) is 0 Å². The Hall–Kier alpha value is -0.880. The summed E-state index contributed by atoms with van der Waals surface area (Å²) in [6.07, 6.45) is 17.3. The lowest BCUT2D eigenvalue weighted by atomic mass is 9.47. The fourth-order valence-corrected chi connectivity index (χ4v) is 11.5. The van der Waals surface area contributed by atoms with E-state index in [1.807, 2.05) is 0 Å². The zero-order chi connectivity index (χ0) is 32.6. The van der Waals surface area contributed by atoms with E-state index < -0.39 is 13.7 Å². The zero-order valence-electron chi connectivity index (χ0n) is 29.2. The second-order valence-electron chi connectivity index (χ2n) is 16.9. The highest BCUT2D eigenvalue weighted by atomic mass is 31.2. The van der Waals surface area contributed by atoms with Gasteiger partial charge < -0.3 is 24.2 Å². The number of likely N-dealkylation sites (tertiary alicyclic amines) is 1. The van der Waals surface area contributed by atoms with Crippen LogP contribution in [0.5, 0.6) is 0 Å². The van der Waals surface area contributed by atoms with Gasteiger partial charge in [0.25, 0.3) is 0 Å². The van der Waals surface area contributed by atoms with Crippen LogP contribution in [0.15, 0.2) is 11.6 Å². The third-order valence-electron chi connectivity index (χ3n) is 13.6. The van der Waals surface area contributed by atoms with E-state index in [4.69, 9.17) is 9.26 Å². The van der Waals surface area contributed by atoms with Crippen molar-refractivity contribution in [3.8, 4) is 0 Å². The molecule has 1 saturated heterocycles. The number of carbonyl (C=O) groups is 1. The Morgan fingerprint density at radius 1 is 1.02 bits per heavy atom. The summed E-state index contributed by atoms with van der Waals surface area (Å²) in [6.45, 7) is 14.8. The summed E-state index contributed by atoms with van der Waals surface area (Å²) in [5, 5.41) is 10.5. The maximum absolute atomic E-state index is 13.2. The molecule has 10 atom stereocenters. The number of aliphatic hydroxyl groups excluding tert-OH is 1. The minimum atomic E-state index is -3.53. The number of allylic oxidation sites excluding steroid dienone is 1. The highest BCUT2D eigenvalue weighted by molar-refractivity contribution is 7.51. The predicted octanol–water partition coefficient (Wildman–Crippen LogP) is 8.83. The zero-order valence-corrected chi connectivity index (χ0v) is 30.1. The van der Waals surface area contributed by atoms with Crippen molar-refractivity contribution < 1.29 is 28.6 Å². The number of aliphatic hydroxyl groups is 1. The van der Waals surface area contributed by atoms with Gasteiger partial charge in [-0.15, -0.1) is 0 Å². The van der Waals surface area contributed by atoms with Gasteiger partial charge in [-0.3, -0.25) is 4.57 Å². The van der Waals surface area contributed by atoms with Crippen LogP contribution < -0.4 is 0 Å². The maximum Gasteiger partial charge on any atom is 0.410 e. The Balaban J connectivity index is 1.12. The van der Waals surface area contributed by atoms with Crippen LogP contribution in [0.2, 0.25) is 0 Å². The van der Waals surface area contributed by atoms with Crippen molar-refractivity contribution in [1.82, 2.24) is 4.90 Å². The van der Waals surface area contributed by atoms with Crippen LogP contribution in [0, 0.1) is 52.3 Å². The number of rotatable bonds is 11. The Labute approximate surface area is 273 Å². The molecule has 2 unspecified atom stereocenters. The van der Waals surface area contributed by atoms with E-state index in [1.165, 1.54) is 51.4 Å². The fourth-order valence-electron chi connectivity index (χ4n) is 11.0. The Morgan fingerprint density at radius 3 is 2.44 bits per heavy atom. The van der Waals surface area contributed by atoms with Crippen molar-refractivity contribution in [2.24, 2.45) is 52.3 Å². The van der Waals surface area contributed by atoms with E-state index in [9.17, 15) is 19.4 Å². The molecule has 0 bridgehead atoms. The molecular weight excluding hydrogens is 585 g/mol. The lowest BCUT2D eigenvalue weighted by Gasteiger charge is -2.58. The molecular formula is C37H64NO6P. The third kappa shape index (κ3) is 7.89. The van der Waals surface area contributed by atoms with Gasteiger partial charge in [0.05, 0.1) is 12.7 Å². The summed E-state index contributed by atoms with van der Waals surface area (Å²) >= 11 is 0. The number of amides is 1. The van der Waals surface area contributed by atoms with E-state index in [-0.39, 0.29) is 30.1 Å². The Kier molecular flexibility index (Phi) is 11.3. The molecule has 45 heavy (non-hydrogen) atoms. The van der Waals surface area contributed by atoms with Crippen LogP contribution in [0.25, 0.3) is 0 Å². The molecule has 0 spiro atoms. The molecule has 2 N–H and O–H groups in total. The standard InChI is InChI=1S/C37H64NO6P/c1-25(2)8-7-9-26(3)31-12-13-32-30-11-10-28-24-29(14-19-36(28,4)33(30)15-20-37(31,32)5)44-35(40)38-21-16-27(17-22-38)34(39)18-23-43-45(6,41)42/h10,25-27,29-34,39H,7-9,11-24H2,1-6H3,(H,41,42)/t26-,29+,30+,31-,32+,33+,34?,36+,37-/m1/s1. The van der Waals surface area contributed by atoms with Crippen molar-refractivity contribution in [2.75, 3.05) is 26.4 Å². The van der Waals surface area contributed by atoms with Crippen molar-refractivity contribution >= 4 is 13.7 Å². The fraction of sp³-hybridized carbons (Fsp3) is 0.919. The van der Waals surface area contributed by atoms with E-state index in [0.29, 0.717) is 37.8 Å². The monoisotopic (exact) mass is 649 g/mol. The molecule has 5 aliphatic rings. The first-order valence-corrected chi connectivity index (χ1v) is 20.5. The van der Waals surface area contributed by atoms with Crippen LogP contribution >= 0.6 is 7.60 Å². The quantitative estimate of drug-likeness (QED) is 0.172. The molecule has 1 heterocycles. The number of ether oxygens (including phenoxy) is 1. The van der Waals surface area contributed by atoms with Crippen LogP contribution in [-0.2, 0) is 13.8 Å². The maximum atomic E-state index is 13.2. The Bertz CT molecular complexity index is 1100. The smallest absolute Gasteiger partial charge is 0.410 e. The van der Waals surface area contributed by atoms with E-state index in [1.54, 1.807) is 10.5 Å². The normalized spacial score (nSPS) is 38.0. The number of nitrogens with zero attached hydrogens (tertiary/aromatic N) is 1. The molecule has 8 heteroatoms. The van der Waals surface area contributed by atoms with Gasteiger partial charge in [0.15, 0.2) is 0 Å². The second kappa shape index (κ2) is 14.3. The molecule has 4 aliphatic carbocycles. The minimum absolute atomic E-state index is 0.0477. The molecule has 0 aromatic rings. The van der Waals surface area contributed by atoms with Crippen molar-refractivity contribution in [1.29, 1.82) is 0 Å². The van der Waals surface area contributed by atoms with Gasteiger partial charge in [0, 0.05) is 26.2 Å². The summed E-state index contributed by atoms with van der Waals surface area (Å²) in [5.41, 5.74) is 2.30. The second-order valence-corrected chi connectivity index (χ2v) is 18.7. The Morgan fingerprint density at radius 2 is 1.76 bits per heavy atom.